The Morgan fingerprint density at radius 2 is 2.08 bits per heavy atom. The lowest BCUT2D eigenvalue weighted by molar-refractivity contribution is -0.174. The Morgan fingerprint density at radius 1 is 1.38 bits per heavy atom. The van der Waals surface area contributed by atoms with Crippen molar-refractivity contribution < 1.29 is 37.4 Å². The third-order valence-electron chi connectivity index (χ3n) is 4.79. The maximum Gasteiger partial charge on any atom is 0.471 e. The first kappa shape index (κ1) is 33.7. The van der Waals surface area contributed by atoms with Gasteiger partial charge in [-0.05, 0) is 27.7 Å². The minimum atomic E-state index is -4.96. The summed E-state index contributed by atoms with van der Waals surface area (Å²) < 4.78 is 49.9. The van der Waals surface area contributed by atoms with Gasteiger partial charge in [-0.15, -0.1) is 0 Å². The second-order valence-electron chi connectivity index (χ2n) is 9.36. The van der Waals surface area contributed by atoms with Crippen molar-refractivity contribution in [1.82, 2.24) is 19.9 Å². The van der Waals surface area contributed by atoms with Crippen molar-refractivity contribution in [2.24, 2.45) is 5.16 Å². The molecule has 0 spiro atoms. The summed E-state index contributed by atoms with van der Waals surface area (Å²) in [6, 6.07) is 0. The minimum Gasteiger partial charge on any atom is -0.394 e. The molecule has 1 aromatic heterocycles. The van der Waals surface area contributed by atoms with Gasteiger partial charge in [-0.2, -0.15) is 18.2 Å². The van der Waals surface area contributed by atoms with Gasteiger partial charge in [0.1, 0.15) is 24.9 Å². The van der Waals surface area contributed by atoms with E-state index in [2.05, 4.69) is 27.4 Å². The number of oxime groups is 1. The molecule has 1 aliphatic rings. The van der Waals surface area contributed by atoms with Gasteiger partial charge in [-0.1, -0.05) is 38.6 Å². The van der Waals surface area contributed by atoms with E-state index in [-0.39, 0.29) is 31.4 Å². The number of hydrogen-bond acceptors (Lipinski definition) is 12. The molecule has 0 radical (unpaired) electrons. The normalized spacial score (nSPS) is 19.1. The Morgan fingerprint density at radius 3 is 2.67 bits per heavy atom. The summed E-state index contributed by atoms with van der Waals surface area (Å²) >= 11 is 0. The number of rotatable bonds is 12. The van der Waals surface area contributed by atoms with Gasteiger partial charge >= 0.3 is 17.8 Å². The summed E-state index contributed by atoms with van der Waals surface area (Å²) in [4.78, 5) is 32.3. The Hall–Kier alpha value is -2.49. The molecule has 1 fully saturated rings. The van der Waals surface area contributed by atoms with Crippen LogP contribution in [0.3, 0.4) is 0 Å². The van der Waals surface area contributed by atoms with Gasteiger partial charge in [-0.25, -0.2) is 9.80 Å². The third-order valence-corrected chi connectivity index (χ3v) is 7.58. The highest BCUT2D eigenvalue weighted by Gasteiger charge is 2.41. The highest BCUT2D eigenvalue weighted by atomic mass is 33.1. The van der Waals surface area contributed by atoms with Crippen LogP contribution in [0.1, 0.15) is 45.9 Å². The maximum absolute atomic E-state index is 12.8. The number of aliphatic hydroxyl groups excluding tert-OH is 1. The molecule has 3 N–H and O–H groups in total. The second-order valence-corrected chi connectivity index (χ2v) is 12.2. The summed E-state index contributed by atoms with van der Waals surface area (Å²) in [5.41, 5.74) is 3.37. The molecule has 1 saturated heterocycles. The zero-order valence-electron chi connectivity index (χ0n) is 22.9. The van der Waals surface area contributed by atoms with Crippen molar-refractivity contribution in [3.8, 4) is 11.8 Å². The van der Waals surface area contributed by atoms with Crippen molar-refractivity contribution in [2.75, 3.05) is 38.7 Å². The van der Waals surface area contributed by atoms with E-state index in [9.17, 15) is 27.9 Å². The SMILES string of the molecule is CC(C)=NO[C@@H]1C[C@H](n2cc(C#CCOCSSC(C)(C)NC(=O)C(F)(F)F)c(NN(C)C)nc2=O)O[C@@H]1CO. The van der Waals surface area contributed by atoms with Crippen molar-refractivity contribution in [1.29, 1.82) is 0 Å². The van der Waals surface area contributed by atoms with E-state index in [1.165, 1.54) is 24.6 Å². The van der Waals surface area contributed by atoms with Crippen molar-refractivity contribution in [3.63, 3.8) is 0 Å². The smallest absolute Gasteiger partial charge is 0.394 e. The predicted molar refractivity (Wildman–Crippen MR) is 146 cm³/mol. The molecule has 0 bridgehead atoms. The molecule has 0 aliphatic carbocycles. The van der Waals surface area contributed by atoms with Gasteiger partial charge < -0.3 is 30.2 Å². The van der Waals surface area contributed by atoms with Crippen LogP contribution >= 0.6 is 21.6 Å². The fourth-order valence-electron chi connectivity index (χ4n) is 3.18. The van der Waals surface area contributed by atoms with E-state index in [1.54, 1.807) is 33.0 Å². The van der Waals surface area contributed by atoms with E-state index in [4.69, 9.17) is 14.3 Å². The number of hydrazine groups is 1. The number of hydrogen-bond donors (Lipinski definition) is 3. The average molecular weight is 611 g/mol. The molecule has 1 amide bonds. The van der Waals surface area contributed by atoms with Crippen LogP contribution in [0.25, 0.3) is 0 Å². The van der Waals surface area contributed by atoms with Crippen LogP contribution in [0, 0.1) is 11.8 Å². The first-order valence-corrected chi connectivity index (χ1v) is 14.2. The van der Waals surface area contributed by atoms with E-state index >= 15 is 0 Å². The van der Waals surface area contributed by atoms with Gasteiger partial charge in [0.25, 0.3) is 0 Å². The molecule has 0 aromatic carbocycles. The topological polar surface area (TPSA) is 140 Å². The maximum atomic E-state index is 12.8. The predicted octanol–water partition coefficient (Wildman–Crippen LogP) is 2.31. The lowest BCUT2D eigenvalue weighted by atomic mass is 10.2. The molecule has 1 aliphatic heterocycles. The Balaban J connectivity index is 2.06. The number of aromatic nitrogens is 2. The van der Waals surface area contributed by atoms with E-state index < -0.39 is 41.1 Å². The van der Waals surface area contributed by atoms with Crippen molar-refractivity contribution in [3.05, 3.63) is 22.2 Å². The van der Waals surface area contributed by atoms with Gasteiger partial charge in [0.05, 0.1) is 22.8 Å². The van der Waals surface area contributed by atoms with Gasteiger partial charge in [0.15, 0.2) is 11.9 Å². The summed E-state index contributed by atoms with van der Waals surface area (Å²) in [7, 11) is 5.55. The number of ether oxygens (including phenoxy) is 2. The van der Waals surface area contributed by atoms with Crippen molar-refractivity contribution >= 4 is 39.0 Å². The summed E-state index contributed by atoms with van der Waals surface area (Å²) in [6.45, 7) is 6.06. The minimum absolute atomic E-state index is 0.0275. The van der Waals surface area contributed by atoms with Gasteiger partial charge in [-0.3, -0.25) is 9.36 Å². The lowest BCUT2D eigenvalue weighted by Gasteiger charge is -2.25. The highest BCUT2D eigenvalue weighted by Crippen LogP contribution is 2.34. The molecule has 1 aromatic rings. The van der Waals surface area contributed by atoms with Crippen LogP contribution < -0.4 is 16.4 Å². The van der Waals surface area contributed by atoms with Crippen LogP contribution in [-0.4, -0.2) is 87.8 Å². The third kappa shape index (κ3) is 10.8. The monoisotopic (exact) mass is 610 g/mol. The standard InChI is InChI=1S/C23H33F3N6O6S2/c1-14(2)30-38-16-10-18(37-17(16)12-33)32-11-15(19(27-21(32)35)29-31(5)6)8-7-9-36-13-39-40-22(3,4)28-20(34)23(24,25)26/h11,16-18,33H,9-10,12-13H2,1-6H3,(H,28,34)(H,27,29,35)/t16-,17-,18-/m1/s1. The number of anilines is 1. The van der Waals surface area contributed by atoms with Crippen molar-refractivity contribution in [2.45, 2.75) is 63.6 Å². The molecular weight excluding hydrogens is 577 g/mol. The first-order chi connectivity index (χ1) is 18.6. The molecule has 2 heterocycles. The van der Waals surface area contributed by atoms with Gasteiger partial charge in [0.2, 0.25) is 0 Å². The second kappa shape index (κ2) is 14.9. The molecule has 0 unspecified atom stereocenters. The van der Waals surface area contributed by atoms with E-state index in [1.807, 2.05) is 5.32 Å². The molecule has 3 atom stereocenters. The number of nitrogens with zero attached hydrogens (tertiary/aromatic N) is 4. The summed E-state index contributed by atoms with van der Waals surface area (Å²) in [6.07, 6.45) is -5.26. The number of nitrogens with one attached hydrogen (secondary N) is 2. The van der Waals surface area contributed by atoms with Crippen LogP contribution in [0.2, 0.25) is 0 Å². The first-order valence-electron chi connectivity index (χ1n) is 11.9. The van der Waals surface area contributed by atoms with Gasteiger partial charge in [0, 0.05) is 26.7 Å². The number of carbonyl (C=O) groups excluding carboxylic acids is 1. The Labute approximate surface area is 237 Å². The number of amides is 1. The Bertz CT molecular complexity index is 1160. The zero-order chi connectivity index (χ0) is 30.1. The molecule has 12 nitrogen and oxygen atoms in total. The molecule has 2 rings (SSSR count). The molecular formula is C23H33F3N6O6S2. The highest BCUT2D eigenvalue weighted by molar-refractivity contribution is 8.77. The Kier molecular flexibility index (Phi) is 12.6. The number of alkyl halides is 3. The molecule has 0 saturated carbocycles. The van der Waals surface area contributed by atoms with Crippen LogP contribution in [0.15, 0.2) is 16.1 Å². The van der Waals surface area contributed by atoms with Crippen LogP contribution in [0.4, 0.5) is 19.0 Å². The number of carbonyl (C=O) groups is 1. The summed E-state index contributed by atoms with van der Waals surface area (Å²) in [5, 5.41) is 17.1. The quantitative estimate of drug-likeness (QED) is 0.0803. The molecule has 224 valence electrons. The summed E-state index contributed by atoms with van der Waals surface area (Å²) in [5.74, 6) is 3.99. The van der Waals surface area contributed by atoms with E-state index in [0.29, 0.717) is 11.3 Å². The number of halogens is 3. The average Bonchev–Trinajstić information content (AvgIpc) is 3.25. The fourth-order valence-corrected chi connectivity index (χ4v) is 5.16. The lowest BCUT2D eigenvalue weighted by Crippen LogP contribution is -2.46. The van der Waals surface area contributed by atoms with Crippen LogP contribution in [-0.2, 0) is 19.1 Å². The zero-order valence-corrected chi connectivity index (χ0v) is 24.5. The fraction of sp³-hybridized carbons (Fsp3) is 0.652. The largest absolute Gasteiger partial charge is 0.471 e. The number of aliphatic hydroxyl groups is 1. The van der Waals surface area contributed by atoms with E-state index in [0.717, 1.165) is 21.6 Å². The molecule has 40 heavy (non-hydrogen) atoms. The van der Waals surface area contributed by atoms with Crippen LogP contribution in [0.5, 0.6) is 0 Å². The molecule has 17 heteroatoms.